The Bertz CT molecular complexity index is 861. The van der Waals surface area contributed by atoms with Crippen molar-refractivity contribution in [3.8, 4) is 11.3 Å². The second-order valence-electron chi connectivity index (χ2n) is 5.32. The predicted octanol–water partition coefficient (Wildman–Crippen LogP) is 4.75. The van der Waals surface area contributed by atoms with Gasteiger partial charge in [0.2, 0.25) is 0 Å². The number of nitrogens with zero attached hydrogens (tertiary/aromatic N) is 2. The number of halogens is 1. The summed E-state index contributed by atoms with van der Waals surface area (Å²) < 4.78 is 22.3. The second kappa shape index (κ2) is 6.86. The first-order chi connectivity index (χ1) is 11.1. The van der Waals surface area contributed by atoms with Crippen LogP contribution >= 0.6 is 15.9 Å². The molecule has 2 aromatic carbocycles. The predicted molar refractivity (Wildman–Crippen MR) is 98.0 cm³/mol. The third-order valence-corrected chi connectivity index (χ3v) is 4.96. The molecule has 3 rings (SSSR count). The first-order valence-corrected chi connectivity index (χ1v) is 9.11. The van der Waals surface area contributed by atoms with E-state index >= 15 is 0 Å². The van der Waals surface area contributed by atoms with Gasteiger partial charge >= 0.3 is 0 Å². The molecule has 23 heavy (non-hydrogen) atoms. The van der Waals surface area contributed by atoms with Gasteiger partial charge in [0.1, 0.15) is 10.9 Å². The molecule has 3 aromatic rings. The Hall–Kier alpha value is -1.63. The van der Waals surface area contributed by atoms with Crippen LogP contribution in [0.1, 0.15) is 19.4 Å². The fraction of sp³-hybridized carbons (Fsp3) is 0.176. The van der Waals surface area contributed by atoms with Crippen LogP contribution in [-0.4, -0.2) is 21.2 Å². The van der Waals surface area contributed by atoms with Gasteiger partial charge in [-0.2, -0.15) is 0 Å². The monoisotopic (exact) mass is 390 g/mol. The zero-order valence-corrected chi connectivity index (χ0v) is 15.1. The van der Waals surface area contributed by atoms with Gasteiger partial charge in [0.15, 0.2) is 5.58 Å². The lowest BCUT2D eigenvalue weighted by Gasteiger charge is -2.07. The highest BCUT2D eigenvalue weighted by atomic mass is 79.9. The number of fused-ring (bicyclic) bond motifs is 1. The minimum atomic E-state index is -1.24. The molecule has 0 aliphatic carbocycles. The van der Waals surface area contributed by atoms with Crippen LogP contribution < -0.4 is 0 Å². The van der Waals surface area contributed by atoms with Crippen molar-refractivity contribution in [1.29, 1.82) is 0 Å². The Kier molecular flexibility index (Phi) is 4.84. The van der Waals surface area contributed by atoms with Gasteiger partial charge in [-0.25, -0.2) is 0 Å². The fourth-order valence-electron chi connectivity index (χ4n) is 2.16. The Balaban J connectivity index is 2.06. The molecule has 4 nitrogen and oxygen atoms in total. The lowest BCUT2D eigenvalue weighted by Crippen LogP contribution is -2.10. The van der Waals surface area contributed by atoms with Crippen molar-refractivity contribution in [3.63, 3.8) is 0 Å². The van der Waals surface area contributed by atoms with Crippen LogP contribution in [0.15, 0.2) is 55.9 Å². The summed E-state index contributed by atoms with van der Waals surface area (Å²) in [7, 11) is 0. The van der Waals surface area contributed by atoms with Gasteiger partial charge in [0, 0.05) is 21.0 Å². The number of hydrogen-bond donors (Lipinski definition) is 0. The van der Waals surface area contributed by atoms with E-state index in [1.54, 1.807) is 6.21 Å². The highest BCUT2D eigenvalue weighted by molar-refractivity contribution is 9.10. The number of aromatic nitrogens is 1. The molecule has 0 N–H and O–H groups in total. The molecule has 1 atom stereocenters. The van der Waals surface area contributed by atoms with E-state index in [0.29, 0.717) is 5.58 Å². The molecule has 0 amide bonds. The highest BCUT2D eigenvalue weighted by Gasteiger charge is 2.14. The van der Waals surface area contributed by atoms with E-state index in [-0.39, 0.29) is 5.25 Å². The standard InChI is InChI=1S/C17H15BrN2O2S/c1-11(2)23(21)19-10-12-5-3-4-6-14(12)17-15-8-7-13(18)9-16(15)22-20-17/h3-11H,1-2H3. The maximum atomic E-state index is 11.8. The maximum absolute atomic E-state index is 11.8. The van der Waals surface area contributed by atoms with Crippen molar-refractivity contribution in [3.05, 3.63) is 52.5 Å². The molecule has 0 bridgehead atoms. The van der Waals surface area contributed by atoms with Crippen LogP contribution in [0, 0.1) is 0 Å². The highest BCUT2D eigenvalue weighted by Crippen LogP contribution is 2.31. The quantitative estimate of drug-likeness (QED) is 0.476. The molecule has 0 fully saturated rings. The smallest absolute Gasteiger partial charge is 0.168 e. The molecule has 6 heteroatoms. The number of rotatable bonds is 4. The summed E-state index contributed by atoms with van der Waals surface area (Å²) in [5.41, 5.74) is 3.23. The average Bonchev–Trinajstić information content (AvgIpc) is 2.95. The third kappa shape index (κ3) is 3.49. The lowest BCUT2D eigenvalue weighted by molar-refractivity contribution is 0.459. The van der Waals surface area contributed by atoms with Gasteiger partial charge in [0.25, 0.3) is 0 Å². The first kappa shape index (κ1) is 16.2. The van der Waals surface area contributed by atoms with Crippen molar-refractivity contribution in [1.82, 2.24) is 5.16 Å². The maximum Gasteiger partial charge on any atom is 0.168 e. The van der Waals surface area contributed by atoms with Crippen molar-refractivity contribution >= 4 is 44.5 Å². The summed E-state index contributed by atoms with van der Waals surface area (Å²) in [6.45, 7) is 3.75. The van der Waals surface area contributed by atoms with Gasteiger partial charge in [-0.15, -0.1) is 0 Å². The molecule has 1 aromatic heterocycles. The molecular formula is C17H15BrN2O2S. The van der Waals surface area contributed by atoms with Gasteiger partial charge in [0.05, 0.1) is 17.6 Å². The minimum absolute atomic E-state index is 0.0105. The number of benzene rings is 2. The molecule has 1 heterocycles. The Morgan fingerprint density at radius 2 is 2.04 bits per heavy atom. The van der Waals surface area contributed by atoms with Crippen LogP contribution in [0.3, 0.4) is 0 Å². The zero-order chi connectivity index (χ0) is 16.4. The molecule has 0 spiro atoms. The molecule has 1 unspecified atom stereocenters. The molecule has 0 radical (unpaired) electrons. The molecule has 118 valence electrons. The fourth-order valence-corrected chi connectivity index (χ4v) is 2.96. The van der Waals surface area contributed by atoms with Crippen molar-refractivity contribution in [2.24, 2.45) is 4.40 Å². The summed E-state index contributed by atoms with van der Waals surface area (Å²) in [6, 6.07) is 13.5. The molecule has 0 aliphatic rings. The second-order valence-corrected chi connectivity index (χ2v) is 7.94. The Morgan fingerprint density at radius 3 is 2.83 bits per heavy atom. The van der Waals surface area contributed by atoms with Crippen molar-refractivity contribution in [2.75, 3.05) is 0 Å². The van der Waals surface area contributed by atoms with Crippen LogP contribution in [0.2, 0.25) is 0 Å². The number of hydrogen-bond acceptors (Lipinski definition) is 4. The lowest BCUT2D eigenvalue weighted by atomic mass is 10.0. The average molecular weight is 391 g/mol. The summed E-state index contributed by atoms with van der Waals surface area (Å²) >= 11 is 2.19. The van der Waals surface area contributed by atoms with Gasteiger partial charge in [-0.3, -0.25) is 0 Å². The summed E-state index contributed by atoms with van der Waals surface area (Å²) in [5, 5.41) is 5.12. The molecule has 0 saturated carbocycles. The SMILES string of the molecule is CC(C)[S+]([O-])N=Cc1ccccc1-c1noc2cc(Br)ccc12. The zero-order valence-electron chi connectivity index (χ0n) is 12.7. The van der Waals surface area contributed by atoms with E-state index < -0.39 is 11.4 Å². The normalized spacial score (nSPS) is 13.3. The summed E-state index contributed by atoms with van der Waals surface area (Å²) in [4.78, 5) is 0. The largest absolute Gasteiger partial charge is 0.591 e. The van der Waals surface area contributed by atoms with Crippen LogP contribution in [0.5, 0.6) is 0 Å². The first-order valence-electron chi connectivity index (χ1n) is 7.15. The van der Waals surface area contributed by atoms with E-state index in [4.69, 9.17) is 4.52 Å². The van der Waals surface area contributed by atoms with Gasteiger partial charge in [-0.1, -0.05) is 49.7 Å². The van der Waals surface area contributed by atoms with Crippen LogP contribution in [-0.2, 0) is 11.4 Å². The van der Waals surface area contributed by atoms with E-state index in [1.807, 2.05) is 56.3 Å². The molecule has 0 saturated heterocycles. The van der Waals surface area contributed by atoms with Crippen LogP contribution in [0.25, 0.3) is 22.2 Å². The van der Waals surface area contributed by atoms with Crippen LogP contribution in [0.4, 0.5) is 0 Å². The minimum Gasteiger partial charge on any atom is -0.591 e. The van der Waals surface area contributed by atoms with Gasteiger partial charge in [-0.05, 0) is 32.0 Å². The Morgan fingerprint density at radius 1 is 1.26 bits per heavy atom. The van der Waals surface area contributed by atoms with Gasteiger partial charge < -0.3 is 9.08 Å². The Labute approximate surface area is 146 Å². The third-order valence-electron chi connectivity index (χ3n) is 3.35. The summed E-state index contributed by atoms with van der Waals surface area (Å²) in [6.07, 6.45) is 1.64. The van der Waals surface area contributed by atoms with E-state index in [1.165, 1.54) is 0 Å². The van der Waals surface area contributed by atoms with Crippen molar-refractivity contribution in [2.45, 2.75) is 19.1 Å². The molecule has 0 aliphatic heterocycles. The van der Waals surface area contributed by atoms with Crippen molar-refractivity contribution < 1.29 is 9.08 Å². The summed E-state index contributed by atoms with van der Waals surface area (Å²) in [5.74, 6) is 0. The van der Waals surface area contributed by atoms with E-state index in [0.717, 1.165) is 26.7 Å². The topological polar surface area (TPSA) is 61.5 Å². The molecular weight excluding hydrogens is 376 g/mol. The van der Waals surface area contributed by atoms with E-state index in [9.17, 15) is 4.55 Å². The van der Waals surface area contributed by atoms with E-state index in [2.05, 4.69) is 25.5 Å².